The van der Waals surface area contributed by atoms with Gasteiger partial charge in [0.25, 0.3) is 0 Å². The highest BCUT2D eigenvalue weighted by Crippen LogP contribution is 2.32. The normalized spacial score (nSPS) is 18.0. The molecule has 1 atom stereocenters. The van der Waals surface area contributed by atoms with Crippen molar-refractivity contribution in [3.8, 4) is 0 Å². The first kappa shape index (κ1) is 17.2. The number of amides is 2. The molecule has 0 saturated carbocycles. The van der Waals surface area contributed by atoms with Crippen LogP contribution in [-0.2, 0) is 9.53 Å². The second-order valence-electron chi connectivity index (χ2n) is 6.86. The molecule has 2 amide bonds. The second kappa shape index (κ2) is 6.56. The lowest BCUT2D eigenvalue weighted by molar-refractivity contribution is -0.129. The third kappa shape index (κ3) is 4.21. The van der Waals surface area contributed by atoms with Crippen molar-refractivity contribution >= 4 is 17.8 Å². The summed E-state index contributed by atoms with van der Waals surface area (Å²) < 4.78 is 5.33. The van der Waals surface area contributed by atoms with E-state index in [0.717, 1.165) is 24.9 Å². The first-order valence-corrected chi connectivity index (χ1v) is 7.89. The number of carbonyl (C=O) groups excluding carboxylic acids is 2. The Morgan fingerprint density at radius 2 is 2.04 bits per heavy atom. The average Bonchev–Trinajstić information content (AvgIpc) is 2.94. The molecule has 0 spiro atoms. The summed E-state index contributed by atoms with van der Waals surface area (Å²) in [5.74, 6) is 0.609. The molecule has 0 N–H and O–H groups in total. The fourth-order valence-electron chi connectivity index (χ4n) is 2.71. The summed E-state index contributed by atoms with van der Waals surface area (Å²) >= 11 is 0. The summed E-state index contributed by atoms with van der Waals surface area (Å²) in [6, 6.07) is 3.80. The van der Waals surface area contributed by atoms with E-state index in [1.54, 1.807) is 26.2 Å². The number of aromatic nitrogens is 1. The number of ether oxygens (including phenoxy) is 1. The maximum absolute atomic E-state index is 12.1. The summed E-state index contributed by atoms with van der Waals surface area (Å²) in [4.78, 5) is 31.3. The molecule has 1 aliphatic heterocycles. The van der Waals surface area contributed by atoms with Gasteiger partial charge in [-0.2, -0.15) is 0 Å². The summed E-state index contributed by atoms with van der Waals surface area (Å²) in [5.41, 5.74) is 0.455. The van der Waals surface area contributed by atoms with E-state index < -0.39 is 11.7 Å². The quantitative estimate of drug-likeness (QED) is 0.840. The third-order valence-electron chi connectivity index (χ3n) is 3.82. The van der Waals surface area contributed by atoms with E-state index in [-0.39, 0.29) is 11.9 Å². The van der Waals surface area contributed by atoms with Gasteiger partial charge in [-0.1, -0.05) is 6.07 Å². The number of hydrogen-bond acceptors (Lipinski definition) is 4. The van der Waals surface area contributed by atoms with Crippen molar-refractivity contribution < 1.29 is 14.3 Å². The molecule has 2 heterocycles. The highest BCUT2D eigenvalue weighted by Gasteiger charge is 2.28. The molecule has 1 aliphatic rings. The minimum Gasteiger partial charge on any atom is -0.443 e. The van der Waals surface area contributed by atoms with Crippen molar-refractivity contribution in [3.05, 3.63) is 23.9 Å². The molecule has 0 aromatic carbocycles. The zero-order valence-corrected chi connectivity index (χ0v) is 14.5. The molecule has 1 aromatic heterocycles. The second-order valence-corrected chi connectivity index (χ2v) is 6.86. The monoisotopic (exact) mass is 319 g/mol. The number of carbonyl (C=O) groups is 2. The predicted octanol–water partition coefficient (Wildman–Crippen LogP) is 3.14. The van der Waals surface area contributed by atoms with Gasteiger partial charge >= 0.3 is 6.09 Å². The molecule has 0 bridgehead atoms. The molecule has 1 aromatic rings. The number of hydrogen-bond donors (Lipinski definition) is 0. The van der Waals surface area contributed by atoms with Gasteiger partial charge in [-0.15, -0.1) is 0 Å². The van der Waals surface area contributed by atoms with Crippen molar-refractivity contribution in [2.75, 3.05) is 18.5 Å². The molecular weight excluding hydrogens is 294 g/mol. The standard InChI is InChI=1S/C17H25N3O3/c1-12(21)20-10-6-7-14(20)13-8-9-15(18-11-13)19(5)16(22)23-17(2,3)4/h8-9,11,14H,6-7,10H2,1-5H3/t14-/m0/s1. The van der Waals surface area contributed by atoms with E-state index >= 15 is 0 Å². The van der Waals surface area contributed by atoms with E-state index in [9.17, 15) is 9.59 Å². The SMILES string of the molecule is CC(=O)N1CCC[C@H]1c1ccc(N(C)C(=O)OC(C)(C)C)nc1. The van der Waals surface area contributed by atoms with E-state index in [4.69, 9.17) is 4.74 Å². The van der Waals surface area contributed by atoms with Crippen LogP contribution in [0, 0.1) is 0 Å². The van der Waals surface area contributed by atoms with Crippen molar-refractivity contribution in [3.63, 3.8) is 0 Å². The number of anilines is 1. The number of nitrogens with zero attached hydrogens (tertiary/aromatic N) is 3. The van der Waals surface area contributed by atoms with Crippen molar-refractivity contribution in [1.82, 2.24) is 9.88 Å². The topological polar surface area (TPSA) is 62.7 Å². The Balaban J connectivity index is 2.10. The Hall–Kier alpha value is -2.11. The van der Waals surface area contributed by atoms with Crippen LogP contribution in [-0.4, -0.2) is 41.1 Å². The Bertz CT molecular complexity index is 578. The summed E-state index contributed by atoms with van der Waals surface area (Å²) in [5, 5.41) is 0. The van der Waals surface area contributed by atoms with Gasteiger partial charge in [-0.3, -0.25) is 9.69 Å². The van der Waals surface area contributed by atoms with Crippen molar-refractivity contribution in [2.24, 2.45) is 0 Å². The first-order valence-electron chi connectivity index (χ1n) is 7.89. The van der Waals surface area contributed by atoms with Crippen LogP contribution in [0.1, 0.15) is 52.1 Å². The zero-order valence-electron chi connectivity index (χ0n) is 14.5. The maximum atomic E-state index is 12.1. The molecule has 6 nitrogen and oxygen atoms in total. The van der Waals surface area contributed by atoms with Crippen LogP contribution in [0.25, 0.3) is 0 Å². The fraction of sp³-hybridized carbons (Fsp3) is 0.588. The lowest BCUT2D eigenvalue weighted by Crippen LogP contribution is -2.34. The molecular formula is C17H25N3O3. The van der Waals surface area contributed by atoms with Crippen LogP contribution in [0.15, 0.2) is 18.3 Å². The van der Waals surface area contributed by atoms with E-state index in [1.807, 2.05) is 31.7 Å². The first-order chi connectivity index (χ1) is 10.7. The van der Waals surface area contributed by atoms with Gasteiger partial charge in [0.05, 0.1) is 6.04 Å². The Kier molecular flexibility index (Phi) is 4.92. The molecule has 6 heteroatoms. The smallest absolute Gasteiger partial charge is 0.415 e. The molecule has 126 valence electrons. The predicted molar refractivity (Wildman–Crippen MR) is 88.2 cm³/mol. The van der Waals surface area contributed by atoms with E-state index in [2.05, 4.69) is 4.98 Å². The number of pyridine rings is 1. The molecule has 0 radical (unpaired) electrons. The molecule has 1 fully saturated rings. The summed E-state index contributed by atoms with van der Waals surface area (Å²) in [6.07, 6.45) is 3.25. The molecule has 23 heavy (non-hydrogen) atoms. The number of likely N-dealkylation sites (tertiary alicyclic amines) is 1. The lowest BCUT2D eigenvalue weighted by atomic mass is 10.1. The van der Waals surface area contributed by atoms with E-state index in [0.29, 0.717) is 5.82 Å². The highest BCUT2D eigenvalue weighted by molar-refractivity contribution is 5.85. The van der Waals surface area contributed by atoms with Gasteiger partial charge in [0.2, 0.25) is 5.91 Å². The van der Waals surface area contributed by atoms with Crippen LogP contribution >= 0.6 is 0 Å². The fourth-order valence-corrected chi connectivity index (χ4v) is 2.71. The zero-order chi connectivity index (χ0) is 17.2. The molecule has 2 rings (SSSR count). The lowest BCUT2D eigenvalue weighted by Gasteiger charge is -2.25. The molecule has 1 saturated heterocycles. The Morgan fingerprint density at radius 1 is 1.35 bits per heavy atom. The van der Waals surface area contributed by atoms with Crippen LogP contribution in [0.3, 0.4) is 0 Å². The summed E-state index contributed by atoms with van der Waals surface area (Å²) in [7, 11) is 1.63. The largest absolute Gasteiger partial charge is 0.443 e. The Morgan fingerprint density at radius 3 is 2.57 bits per heavy atom. The highest BCUT2D eigenvalue weighted by atomic mass is 16.6. The van der Waals surface area contributed by atoms with Crippen LogP contribution in [0.4, 0.5) is 10.6 Å². The minimum atomic E-state index is -0.545. The van der Waals surface area contributed by atoms with Crippen molar-refractivity contribution in [1.29, 1.82) is 0 Å². The maximum Gasteiger partial charge on any atom is 0.415 e. The number of rotatable bonds is 2. The summed E-state index contributed by atoms with van der Waals surface area (Å²) in [6.45, 7) is 7.86. The average molecular weight is 319 g/mol. The van der Waals surface area contributed by atoms with Gasteiger partial charge in [-0.25, -0.2) is 9.78 Å². The van der Waals surface area contributed by atoms with Crippen LogP contribution in [0.5, 0.6) is 0 Å². The van der Waals surface area contributed by atoms with Crippen LogP contribution in [0.2, 0.25) is 0 Å². The van der Waals surface area contributed by atoms with Gasteiger partial charge in [0.1, 0.15) is 11.4 Å². The van der Waals surface area contributed by atoms with Crippen molar-refractivity contribution in [2.45, 2.75) is 52.2 Å². The third-order valence-corrected chi connectivity index (χ3v) is 3.82. The van der Waals surface area contributed by atoms with Gasteiger partial charge in [0, 0.05) is 26.7 Å². The minimum absolute atomic E-state index is 0.0842. The Labute approximate surface area is 137 Å². The van der Waals surface area contributed by atoms with Gasteiger partial charge < -0.3 is 9.64 Å². The van der Waals surface area contributed by atoms with Gasteiger partial charge in [-0.05, 0) is 45.2 Å². The van der Waals surface area contributed by atoms with Gasteiger partial charge in [0.15, 0.2) is 0 Å². The molecule has 0 unspecified atom stereocenters. The van der Waals surface area contributed by atoms with E-state index in [1.165, 1.54) is 4.90 Å². The molecule has 0 aliphatic carbocycles. The van der Waals surface area contributed by atoms with Crippen LogP contribution < -0.4 is 4.90 Å².